The molecular weight excluding hydrogens is 238 g/mol. The van der Waals surface area contributed by atoms with Gasteiger partial charge >= 0.3 is 0 Å². The fourth-order valence-electron chi connectivity index (χ4n) is 2.62. The normalized spacial score (nSPS) is 16.4. The summed E-state index contributed by atoms with van der Waals surface area (Å²) in [7, 11) is 3.40. The highest BCUT2D eigenvalue weighted by atomic mass is 16.5. The quantitative estimate of drug-likeness (QED) is 0.916. The van der Waals surface area contributed by atoms with Crippen molar-refractivity contribution in [2.75, 3.05) is 14.2 Å². The molecule has 0 spiro atoms. The first kappa shape index (κ1) is 12.3. The molecule has 0 bridgehead atoms. The Morgan fingerprint density at radius 3 is 2.47 bits per heavy atom. The van der Waals surface area contributed by atoms with Gasteiger partial charge in [0, 0.05) is 16.3 Å². The topological polar surface area (TPSA) is 44.5 Å². The Morgan fingerprint density at radius 2 is 1.84 bits per heavy atom. The van der Waals surface area contributed by atoms with Crippen LogP contribution >= 0.6 is 0 Å². The van der Waals surface area contributed by atoms with E-state index < -0.39 is 0 Å². The number of hydrogen-bond acceptors (Lipinski definition) is 3. The molecule has 2 aromatic rings. The number of ether oxygens (including phenoxy) is 2. The number of benzene rings is 2. The summed E-state index contributed by atoms with van der Waals surface area (Å²) in [6.07, 6.45) is 3.09. The molecule has 0 heterocycles. The maximum Gasteiger partial charge on any atom is 0.130 e. The Bertz CT molecular complexity index is 617. The second-order valence-corrected chi connectivity index (χ2v) is 5.35. The van der Waals surface area contributed by atoms with Gasteiger partial charge in [-0.3, -0.25) is 0 Å². The van der Waals surface area contributed by atoms with Crippen LogP contribution in [0.3, 0.4) is 0 Å². The number of rotatable bonds is 4. The van der Waals surface area contributed by atoms with E-state index in [1.54, 1.807) is 14.2 Å². The molecule has 3 nitrogen and oxygen atoms in total. The number of hydrogen-bond donors (Lipinski definition) is 1. The molecule has 3 rings (SSSR count). The molecule has 1 aliphatic rings. The van der Waals surface area contributed by atoms with Gasteiger partial charge in [0.2, 0.25) is 0 Å². The van der Waals surface area contributed by atoms with Crippen molar-refractivity contribution in [1.29, 1.82) is 0 Å². The predicted octanol–water partition coefficient (Wildman–Crippen LogP) is 2.89. The summed E-state index contributed by atoms with van der Waals surface area (Å²) in [4.78, 5) is 0. The Labute approximate surface area is 113 Å². The van der Waals surface area contributed by atoms with Gasteiger partial charge in [0.15, 0.2) is 0 Å². The van der Waals surface area contributed by atoms with Gasteiger partial charge in [-0.25, -0.2) is 0 Å². The molecule has 0 atom stereocenters. The minimum atomic E-state index is -0.0141. The van der Waals surface area contributed by atoms with E-state index in [-0.39, 0.29) is 5.54 Å². The van der Waals surface area contributed by atoms with Crippen molar-refractivity contribution >= 4 is 10.8 Å². The van der Waals surface area contributed by atoms with Crippen LogP contribution in [0.5, 0.6) is 11.5 Å². The van der Waals surface area contributed by atoms with Crippen LogP contribution in [0, 0.1) is 0 Å². The van der Waals surface area contributed by atoms with E-state index in [4.69, 9.17) is 15.2 Å². The minimum Gasteiger partial charge on any atom is -0.496 e. The molecule has 2 N–H and O–H groups in total. The molecule has 1 saturated carbocycles. The second-order valence-electron chi connectivity index (χ2n) is 5.35. The van der Waals surface area contributed by atoms with Gasteiger partial charge in [-0.2, -0.15) is 0 Å². The Kier molecular flexibility index (Phi) is 2.86. The van der Waals surface area contributed by atoms with Gasteiger partial charge in [-0.1, -0.05) is 24.3 Å². The van der Waals surface area contributed by atoms with Crippen LogP contribution in [-0.2, 0) is 6.42 Å². The highest BCUT2D eigenvalue weighted by Crippen LogP contribution is 2.41. The third-order valence-corrected chi connectivity index (χ3v) is 3.91. The molecule has 2 aromatic carbocycles. The summed E-state index contributed by atoms with van der Waals surface area (Å²) in [5.41, 5.74) is 7.39. The maximum absolute atomic E-state index is 6.22. The van der Waals surface area contributed by atoms with Gasteiger partial charge < -0.3 is 15.2 Å². The highest BCUT2D eigenvalue weighted by molar-refractivity contribution is 5.94. The van der Waals surface area contributed by atoms with E-state index >= 15 is 0 Å². The van der Waals surface area contributed by atoms with Gasteiger partial charge in [0.1, 0.15) is 11.5 Å². The molecule has 0 unspecified atom stereocenters. The van der Waals surface area contributed by atoms with Crippen molar-refractivity contribution in [2.24, 2.45) is 5.73 Å². The molecule has 1 aliphatic carbocycles. The van der Waals surface area contributed by atoms with Gasteiger partial charge in [-0.15, -0.1) is 0 Å². The average Bonchev–Trinajstić information content (AvgIpc) is 3.15. The van der Waals surface area contributed by atoms with Crippen LogP contribution in [0.15, 0.2) is 30.3 Å². The summed E-state index contributed by atoms with van der Waals surface area (Å²) in [6, 6.07) is 10.2. The standard InChI is InChI=1S/C16H19NO2/c1-18-14-5-3-4-13-12(14)7-6-11(15(13)19-2)10-16(17)8-9-16/h3-7H,8-10,17H2,1-2H3. The fraction of sp³-hybridized carbons (Fsp3) is 0.375. The van der Waals surface area contributed by atoms with E-state index in [0.717, 1.165) is 41.5 Å². The van der Waals surface area contributed by atoms with Crippen LogP contribution in [0.2, 0.25) is 0 Å². The average molecular weight is 257 g/mol. The summed E-state index contributed by atoms with van der Waals surface area (Å²) >= 11 is 0. The molecule has 0 aliphatic heterocycles. The van der Waals surface area contributed by atoms with Crippen molar-refractivity contribution in [3.63, 3.8) is 0 Å². The third-order valence-electron chi connectivity index (χ3n) is 3.91. The molecule has 3 heteroatoms. The first-order valence-corrected chi connectivity index (χ1v) is 6.58. The van der Waals surface area contributed by atoms with E-state index in [1.807, 2.05) is 12.1 Å². The molecular formula is C16H19NO2. The summed E-state index contributed by atoms with van der Waals surface area (Å²) < 4.78 is 11.0. The van der Waals surface area contributed by atoms with Crippen molar-refractivity contribution in [3.05, 3.63) is 35.9 Å². The molecule has 0 amide bonds. The lowest BCUT2D eigenvalue weighted by Crippen LogP contribution is -2.24. The Morgan fingerprint density at radius 1 is 1.05 bits per heavy atom. The predicted molar refractivity (Wildman–Crippen MR) is 76.9 cm³/mol. The van der Waals surface area contributed by atoms with Crippen LogP contribution in [0.4, 0.5) is 0 Å². The number of fused-ring (bicyclic) bond motifs is 1. The smallest absolute Gasteiger partial charge is 0.130 e. The first-order chi connectivity index (χ1) is 9.17. The molecule has 0 saturated heterocycles. The fourth-order valence-corrected chi connectivity index (χ4v) is 2.62. The van der Waals surface area contributed by atoms with E-state index in [1.165, 1.54) is 5.56 Å². The van der Waals surface area contributed by atoms with Gasteiger partial charge in [-0.05, 0) is 30.9 Å². The largest absolute Gasteiger partial charge is 0.496 e. The number of methoxy groups -OCH3 is 2. The highest BCUT2D eigenvalue weighted by Gasteiger charge is 2.38. The van der Waals surface area contributed by atoms with Gasteiger partial charge in [0.25, 0.3) is 0 Å². The van der Waals surface area contributed by atoms with Crippen LogP contribution in [0.1, 0.15) is 18.4 Å². The summed E-state index contributed by atoms with van der Waals surface area (Å²) in [5, 5.41) is 2.16. The third kappa shape index (κ3) is 2.15. The monoisotopic (exact) mass is 257 g/mol. The SMILES string of the molecule is COc1cccc2c(OC)c(CC3(N)CC3)ccc12. The van der Waals surface area contributed by atoms with Crippen molar-refractivity contribution in [3.8, 4) is 11.5 Å². The molecule has 0 radical (unpaired) electrons. The van der Waals surface area contributed by atoms with Gasteiger partial charge in [0.05, 0.1) is 14.2 Å². The summed E-state index contributed by atoms with van der Waals surface area (Å²) in [6.45, 7) is 0. The molecule has 100 valence electrons. The lowest BCUT2D eigenvalue weighted by molar-refractivity contribution is 0.410. The summed E-state index contributed by atoms with van der Waals surface area (Å²) in [5.74, 6) is 1.80. The van der Waals surface area contributed by atoms with Crippen molar-refractivity contribution < 1.29 is 9.47 Å². The molecule has 1 fully saturated rings. The van der Waals surface area contributed by atoms with Crippen LogP contribution in [-0.4, -0.2) is 19.8 Å². The first-order valence-electron chi connectivity index (χ1n) is 6.58. The Hall–Kier alpha value is -1.74. The zero-order valence-electron chi connectivity index (χ0n) is 11.4. The van der Waals surface area contributed by atoms with Crippen molar-refractivity contribution in [1.82, 2.24) is 0 Å². The number of nitrogens with two attached hydrogens (primary N) is 1. The minimum absolute atomic E-state index is 0.0141. The van der Waals surface area contributed by atoms with Crippen LogP contribution < -0.4 is 15.2 Å². The van der Waals surface area contributed by atoms with Crippen LogP contribution in [0.25, 0.3) is 10.8 Å². The van der Waals surface area contributed by atoms with E-state index in [9.17, 15) is 0 Å². The zero-order chi connectivity index (χ0) is 13.5. The second kappa shape index (κ2) is 4.42. The lowest BCUT2D eigenvalue weighted by Gasteiger charge is -2.16. The molecule has 19 heavy (non-hydrogen) atoms. The molecule has 0 aromatic heterocycles. The zero-order valence-corrected chi connectivity index (χ0v) is 11.4. The van der Waals surface area contributed by atoms with E-state index in [0.29, 0.717) is 0 Å². The Balaban J connectivity index is 2.14. The van der Waals surface area contributed by atoms with E-state index in [2.05, 4.69) is 18.2 Å². The maximum atomic E-state index is 6.22. The lowest BCUT2D eigenvalue weighted by atomic mass is 9.99. The van der Waals surface area contributed by atoms with Crippen molar-refractivity contribution in [2.45, 2.75) is 24.8 Å².